The maximum absolute atomic E-state index is 10.7. The molecule has 0 heterocycles. The molecule has 1 unspecified atom stereocenters. The van der Waals surface area contributed by atoms with Gasteiger partial charge in [0.05, 0.1) is 24.3 Å². The molecule has 0 aliphatic heterocycles. The molecule has 0 bridgehead atoms. The Morgan fingerprint density at radius 1 is 1.58 bits per heavy atom. The summed E-state index contributed by atoms with van der Waals surface area (Å²) < 4.78 is 5.10. The Hall–Kier alpha value is -2.22. The van der Waals surface area contributed by atoms with Crippen LogP contribution in [-0.2, 0) is 4.79 Å². The topological polar surface area (TPSA) is 82.3 Å². The molecule has 0 aromatic heterocycles. The fraction of sp³-hybridized carbons (Fsp3) is 0.429. The Bertz CT molecular complexity index is 480. The maximum Gasteiger partial charge on any atom is 0.306 e. The smallest absolute Gasteiger partial charge is 0.306 e. The van der Waals surface area contributed by atoms with Gasteiger partial charge in [0.15, 0.2) is 0 Å². The lowest BCUT2D eigenvalue weighted by Crippen LogP contribution is -2.12. The summed E-state index contributed by atoms with van der Waals surface area (Å²) in [5.41, 5.74) is 1.26. The van der Waals surface area contributed by atoms with Gasteiger partial charge in [0.1, 0.15) is 11.8 Å². The molecule has 5 nitrogen and oxygen atoms in total. The lowest BCUT2D eigenvalue weighted by Gasteiger charge is -2.11. The number of benzene rings is 1. The number of ether oxygens (including phenoxy) is 1. The Morgan fingerprint density at radius 3 is 2.89 bits per heavy atom. The molecular weight excluding hydrogens is 244 g/mol. The largest absolute Gasteiger partial charge is 0.497 e. The van der Waals surface area contributed by atoms with Gasteiger partial charge in [-0.25, -0.2) is 0 Å². The fourth-order valence-electron chi connectivity index (χ4n) is 1.65. The highest BCUT2D eigenvalue weighted by Crippen LogP contribution is 2.22. The van der Waals surface area contributed by atoms with E-state index in [4.69, 9.17) is 15.1 Å². The second kappa shape index (κ2) is 7.27. The first-order chi connectivity index (χ1) is 9.08. The maximum atomic E-state index is 10.7. The van der Waals surface area contributed by atoms with E-state index >= 15 is 0 Å². The number of nitrogens with zero attached hydrogens (tertiary/aromatic N) is 1. The number of carboxylic acid groups (broad SMARTS) is 1. The SMILES string of the molecule is COc1ccc(C#N)c(NCCCC(C)C(=O)O)c1. The van der Waals surface area contributed by atoms with Crippen LogP contribution in [0.3, 0.4) is 0 Å². The van der Waals surface area contributed by atoms with E-state index in [0.29, 0.717) is 30.0 Å². The van der Waals surface area contributed by atoms with Crippen LogP contribution in [0.4, 0.5) is 5.69 Å². The minimum Gasteiger partial charge on any atom is -0.497 e. The average molecular weight is 262 g/mol. The molecule has 0 spiro atoms. The van der Waals surface area contributed by atoms with E-state index in [1.54, 1.807) is 32.2 Å². The van der Waals surface area contributed by atoms with Crippen molar-refractivity contribution in [3.63, 3.8) is 0 Å². The van der Waals surface area contributed by atoms with E-state index in [-0.39, 0.29) is 5.92 Å². The normalized spacial score (nSPS) is 11.4. The fourth-order valence-corrected chi connectivity index (χ4v) is 1.65. The number of carbonyl (C=O) groups is 1. The van der Waals surface area contributed by atoms with Crippen LogP contribution in [-0.4, -0.2) is 24.7 Å². The van der Waals surface area contributed by atoms with E-state index in [9.17, 15) is 4.79 Å². The van der Waals surface area contributed by atoms with Crippen molar-refractivity contribution in [2.24, 2.45) is 5.92 Å². The van der Waals surface area contributed by atoms with Gasteiger partial charge >= 0.3 is 5.97 Å². The number of hydrogen-bond donors (Lipinski definition) is 2. The zero-order valence-corrected chi connectivity index (χ0v) is 11.1. The summed E-state index contributed by atoms with van der Waals surface area (Å²) in [6, 6.07) is 7.29. The molecule has 0 radical (unpaired) electrons. The number of nitrogens with one attached hydrogen (secondary N) is 1. The monoisotopic (exact) mass is 262 g/mol. The molecular formula is C14H18N2O3. The third-order valence-corrected chi connectivity index (χ3v) is 2.90. The van der Waals surface area contributed by atoms with Crippen molar-refractivity contribution in [2.75, 3.05) is 19.0 Å². The van der Waals surface area contributed by atoms with Gasteiger partial charge in [-0.2, -0.15) is 5.26 Å². The molecule has 1 aromatic rings. The first-order valence-electron chi connectivity index (χ1n) is 6.13. The average Bonchev–Trinajstić information content (AvgIpc) is 2.42. The summed E-state index contributed by atoms with van der Waals surface area (Å²) in [5.74, 6) is -0.443. The number of aliphatic carboxylic acids is 1. The lowest BCUT2D eigenvalue weighted by atomic mass is 10.1. The summed E-state index contributed by atoms with van der Waals surface area (Å²) in [7, 11) is 1.57. The molecule has 1 rings (SSSR count). The van der Waals surface area contributed by atoms with E-state index in [2.05, 4.69) is 11.4 Å². The summed E-state index contributed by atoms with van der Waals surface area (Å²) in [4.78, 5) is 10.7. The summed E-state index contributed by atoms with van der Waals surface area (Å²) in [5, 5.41) is 20.9. The minimum atomic E-state index is -0.779. The second-order valence-electron chi connectivity index (χ2n) is 4.33. The molecule has 19 heavy (non-hydrogen) atoms. The van der Waals surface area contributed by atoms with Gasteiger partial charge in [0.2, 0.25) is 0 Å². The van der Waals surface area contributed by atoms with Gasteiger partial charge < -0.3 is 15.2 Å². The quantitative estimate of drug-likeness (QED) is 0.738. The Balaban J connectivity index is 2.53. The predicted molar refractivity (Wildman–Crippen MR) is 72.2 cm³/mol. The first-order valence-corrected chi connectivity index (χ1v) is 6.13. The molecule has 0 aliphatic carbocycles. The third kappa shape index (κ3) is 4.51. The molecule has 0 aliphatic rings. The van der Waals surface area contributed by atoms with E-state index in [0.717, 1.165) is 6.42 Å². The minimum absolute atomic E-state index is 0.345. The van der Waals surface area contributed by atoms with Gasteiger partial charge in [-0.1, -0.05) is 6.92 Å². The van der Waals surface area contributed by atoms with Crippen LogP contribution >= 0.6 is 0 Å². The van der Waals surface area contributed by atoms with Gasteiger partial charge in [0.25, 0.3) is 0 Å². The summed E-state index contributed by atoms with van der Waals surface area (Å²) in [6.07, 6.45) is 1.34. The number of methoxy groups -OCH3 is 1. The second-order valence-corrected chi connectivity index (χ2v) is 4.33. The van der Waals surface area contributed by atoms with E-state index in [1.807, 2.05) is 0 Å². The van der Waals surface area contributed by atoms with E-state index in [1.165, 1.54) is 0 Å². The van der Waals surface area contributed by atoms with Gasteiger partial charge in [-0.15, -0.1) is 0 Å². The molecule has 2 N–H and O–H groups in total. The molecule has 0 amide bonds. The van der Waals surface area contributed by atoms with Gasteiger partial charge in [0, 0.05) is 12.6 Å². The Labute approximate surface area is 112 Å². The van der Waals surface area contributed by atoms with Crippen molar-refractivity contribution in [2.45, 2.75) is 19.8 Å². The van der Waals surface area contributed by atoms with Crippen molar-refractivity contribution in [3.05, 3.63) is 23.8 Å². The molecule has 0 fully saturated rings. The highest BCUT2D eigenvalue weighted by Gasteiger charge is 2.10. The highest BCUT2D eigenvalue weighted by molar-refractivity contribution is 5.69. The van der Waals surface area contributed by atoms with Gasteiger partial charge in [-0.05, 0) is 25.0 Å². The summed E-state index contributed by atoms with van der Waals surface area (Å²) in [6.45, 7) is 2.31. The summed E-state index contributed by atoms with van der Waals surface area (Å²) >= 11 is 0. The molecule has 1 aromatic carbocycles. The van der Waals surface area contributed by atoms with Crippen molar-refractivity contribution >= 4 is 11.7 Å². The standard InChI is InChI=1S/C14H18N2O3/c1-10(14(17)18)4-3-7-16-13-8-12(19-2)6-5-11(13)9-15/h5-6,8,10,16H,3-4,7H2,1-2H3,(H,17,18). The predicted octanol–water partition coefficient (Wildman–Crippen LogP) is 2.48. The molecule has 102 valence electrons. The molecule has 5 heteroatoms. The number of carboxylic acids is 1. The van der Waals surface area contributed by atoms with Crippen LogP contribution in [0.5, 0.6) is 5.75 Å². The van der Waals surface area contributed by atoms with Crippen LogP contribution in [0.2, 0.25) is 0 Å². The van der Waals surface area contributed by atoms with Crippen LogP contribution in [0.1, 0.15) is 25.3 Å². The number of hydrogen-bond acceptors (Lipinski definition) is 4. The van der Waals surface area contributed by atoms with Crippen molar-refractivity contribution in [1.82, 2.24) is 0 Å². The van der Waals surface area contributed by atoms with Crippen molar-refractivity contribution < 1.29 is 14.6 Å². The highest BCUT2D eigenvalue weighted by atomic mass is 16.5. The van der Waals surface area contributed by atoms with E-state index < -0.39 is 5.97 Å². The third-order valence-electron chi connectivity index (χ3n) is 2.90. The number of anilines is 1. The molecule has 0 saturated heterocycles. The lowest BCUT2D eigenvalue weighted by molar-refractivity contribution is -0.141. The number of rotatable bonds is 7. The van der Waals surface area contributed by atoms with Crippen LogP contribution in [0, 0.1) is 17.2 Å². The molecule has 1 atom stereocenters. The number of nitriles is 1. The zero-order chi connectivity index (χ0) is 14.3. The van der Waals surface area contributed by atoms with Crippen LogP contribution in [0.15, 0.2) is 18.2 Å². The molecule has 0 saturated carbocycles. The Kier molecular flexibility index (Phi) is 5.68. The Morgan fingerprint density at radius 2 is 2.32 bits per heavy atom. The van der Waals surface area contributed by atoms with Crippen LogP contribution in [0.25, 0.3) is 0 Å². The van der Waals surface area contributed by atoms with Crippen molar-refractivity contribution in [1.29, 1.82) is 5.26 Å². The first kappa shape index (κ1) is 14.8. The van der Waals surface area contributed by atoms with Gasteiger partial charge in [-0.3, -0.25) is 4.79 Å². The zero-order valence-electron chi connectivity index (χ0n) is 11.1. The van der Waals surface area contributed by atoms with Crippen molar-refractivity contribution in [3.8, 4) is 11.8 Å². The van der Waals surface area contributed by atoms with Crippen LogP contribution < -0.4 is 10.1 Å².